The lowest BCUT2D eigenvalue weighted by atomic mass is 9.81. The van der Waals surface area contributed by atoms with Crippen molar-refractivity contribution in [2.45, 2.75) is 45.1 Å². The van der Waals surface area contributed by atoms with E-state index in [1.54, 1.807) is 0 Å². The number of allylic oxidation sites excluding steroid dienone is 3. The van der Waals surface area contributed by atoms with Crippen molar-refractivity contribution in [2.75, 3.05) is 0 Å². The molecule has 2 heteroatoms. The number of rotatable bonds is 0. The Morgan fingerprint density at radius 1 is 1.10 bits per heavy atom. The van der Waals surface area contributed by atoms with Crippen molar-refractivity contribution >= 4 is 11.4 Å². The molecular formula is C18H18O2. The van der Waals surface area contributed by atoms with Crippen molar-refractivity contribution in [3.63, 3.8) is 0 Å². The summed E-state index contributed by atoms with van der Waals surface area (Å²) in [6.45, 7) is 4.24. The molecule has 0 unspecified atom stereocenters. The van der Waals surface area contributed by atoms with Crippen LogP contribution < -0.4 is 0 Å². The van der Waals surface area contributed by atoms with Crippen LogP contribution >= 0.6 is 0 Å². The van der Waals surface area contributed by atoms with Crippen LogP contribution in [0, 0.1) is 0 Å². The largest absolute Gasteiger partial charge is 0.487 e. The Morgan fingerprint density at radius 3 is 2.75 bits per heavy atom. The highest BCUT2D eigenvalue weighted by molar-refractivity contribution is 6.13. The van der Waals surface area contributed by atoms with Gasteiger partial charge in [-0.3, -0.25) is 4.79 Å². The highest BCUT2D eigenvalue weighted by atomic mass is 16.5. The monoisotopic (exact) mass is 266 g/mol. The molecule has 0 radical (unpaired) electrons. The number of ketones is 1. The minimum Gasteiger partial charge on any atom is -0.487 e. The fourth-order valence-corrected chi connectivity index (χ4v) is 3.72. The van der Waals surface area contributed by atoms with Crippen LogP contribution in [0.1, 0.15) is 44.2 Å². The van der Waals surface area contributed by atoms with Crippen molar-refractivity contribution in [1.82, 2.24) is 0 Å². The predicted octanol–water partition coefficient (Wildman–Crippen LogP) is 3.81. The molecule has 2 aliphatic carbocycles. The number of fused-ring (bicyclic) bond motifs is 3. The van der Waals surface area contributed by atoms with Gasteiger partial charge >= 0.3 is 0 Å². The summed E-state index contributed by atoms with van der Waals surface area (Å²) in [6.07, 6.45) is 3.37. The minimum atomic E-state index is -0.301. The highest BCUT2D eigenvalue weighted by Gasteiger charge is 2.43. The molecule has 0 bridgehead atoms. The second-order valence-corrected chi connectivity index (χ2v) is 6.37. The van der Waals surface area contributed by atoms with Gasteiger partial charge in [-0.05, 0) is 49.0 Å². The molecular weight excluding hydrogens is 248 g/mol. The first kappa shape index (κ1) is 12.0. The molecule has 0 atom stereocenters. The average Bonchev–Trinajstić information content (AvgIpc) is 2.79. The van der Waals surface area contributed by atoms with E-state index in [-0.39, 0.29) is 11.4 Å². The van der Waals surface area contributed by atoms with Gasteiger partial charge in [0.1, 0.15) is 11.4 Å². The van der Waals surface area contributed by atoms with Crippen LogP contribution in [-0.4, -0.2) is 11.4 Å². The van der Waals surface area contributed by atoms with E-state index in [0.29, 0.717) is 6.42 Å². The Bertz CT molecular complexity index is 689. The van der Waals surface area contributed by atoms with Gasteiger partial charge in [-0.15, -0.1) is 0 Å². The number of hydrogen-bond acceptors (Lipinski definition) is 2. The molecule has 1 heterocycles. The van der Waals surface area contributed by atoms with E-state index in [9.17, 15) is 4.79 Å². The summed E-state index contributed by atoms with van der Waals surface area (Å²) in [5.74, 6) is 1.17. The molecule has 0 fully saturated rings. The molecule has 1 aromatic rings. The van der Waals surface area contributed by atoms with E-state index in [2.05, 4.69) is 38.1 Å². The molecule has 4 rings (SSSR count). The Hall–Kier alpha value is -1.83. The Kier molecular flexibility index (Phi) is 2.30. The van der Waals surface area contributed by atoms with E-state index >= 15 is 0 Å². The Labute approximate surface area is 119 Å². The van der Waals surface area contributed by atoms with Crippen molar-refractivity contribution in [3.05, 3.63) is 52.3 Å². The molecule has 0 amide bonds. The average molecular weight is 266 g/mol. The maximum Gasteiger partial charge on any atom is 0.166 e. The molecule has 3 aliphatic rings. The third-order valence-electron chi connectivity index (χ3n) is 4.68. The van der Waals surface area contributed by atoms with Gasteiger partial charge in [-0.25, -0.2) is 0 Å². The lowest BCUT2D eigenvalue weighted by molar-refractivity contribution is -0.116. The van der Waals surface area contributed by atoms with Crippen LogP contribution in [0.25, 0.3) is 5.57 Å². The summed E-state index contributed by atoms with van der Waals surface area (Å²) in [4.78, 5) is 12.4. The number of Topliss-reactive ketones (excluding diaryl/α,β-unsaturated/α-hetero) is 1. The first-order valence-electron chi connectivity index (χ1n) is 7.35. The maximum absolute atomic E-state index is 12.4. The van der Waals surface area contributed by atoms with E-state index in [4.69, 9.17) is 4.74 Å². The quantitative estimate of drug-likeness (QED) is 0.713. The first-order valence-corrected chi connectivity index (χ1v) is 7.35. The van der Waals surface area contributed by atoms with Crippen LogP contribution in [0.5, 0.6) is 0 Å². The topological polar surface area (TPSA) is 26.3 Å². The molecule has 0 spiro atoms. The zero-order valence-corrected chi connectivity index (χ0v) is 12.0. The second kappa shape index (κ2) is 3.85. The van der Waals surface area contributed by atoms with Gasteiger partial charge in [0.05, 0.1) is 5.57 Å². The number of carbonyl (C=O) groups excluding carboxylic acids is 1. The lowest BCUT2D eigenvalue weighted by Crippen LogP contribution is -2.34. The van der Waals surface area contributed by atoms with Gasteiger partial charge in [0.2, 0.25) is 0 Å². The van der Waals surface area contributed by atoms with Crippen molar-refractivity contribution in [1.29, 1.82) is 0 Å². The number of benzene rings is 1. The molecule has 20 heavy (non-hydrogen) atoms. The zero-order valence-electron chi connectivity index (χ0n) is 12.0. The van der Waals surface area contributed by atoms with Gasteiger partial charge in [0.25, 0.3) is 0 Å². The van der Waals surface area contributed by atoms with E-state index in [0.717, 1.165) is 30.6 Å². The molecule has 2 nitrogen and oxygen atoms in total. The van der Waals surface area contributed by atoms with Crippen LogP contribution in [0.15, 0.2) is 41.2 Å². The normalized spacial score (nSPS) is 23.2. The number of ether oxygens (including phenoxy) is 1. The summed E-state index contributed by atoms with van der Waals surface area (Å²) < 4.78 is 6.19. The molecule has 0 saturated carbocycles. The SMILES string of the molecule is CC1(C)OC2=C(C(=O)CCC2)C2=C1Cc1ccccc12. The molecule has 102 valence electrons. The molecule has 0 N–H and O–H groups in total. The number of carbonyl (C=O) groups is 1. The van der Waals surface area contributed by atoms with Crippen LogP contribution in [-0.2, 0) is 16.0 Å². The number of hydrogen-bond donors (Lipinski definition) is 0. The van der Waals surface area contributed by atoms with Gasteiger partial charge in [-0.1, -0.05) is 24.3 Å². The van der Waals surface area contributed by atoms with Gasteiger partial charge in [-0.2, -0.15) is 0 Å². The van der Waals surface area contributed by atoms with E-state index < -0.39 is 0 Å². The van der Waals surface area contributed by atoms with Crippen LogP contribution in [0.4, 0.5) is 0 Å². The van der Waals surface area contributed by atoms with Crippen LogP contribution in [0.2, 0.25) is 0 Å². The standard InChI is InChI=1S/C18H18O2/c1-18(2)13-10-11-6-3-4-7-12(11)16(13)17-14(19)8-5-9-15(17)20-18/h3-4,6-7H,5,8-10H2,1-2H3. The zero-order chi connectivity index (χ0) is 13.9. The summed E-state index contributed by atoms with van der Waals surface area (Å²) >= 11 is 0. The summed E-state index contributed by atoms with van der Waals surface area (Å²) in [6, 6.07) is 8.44. The summed E-state index contributed by atoms with van der Waals surface area (Å²) in [5, 5.41) is 0. The molecule has 1 aromatic carbocycles. The van der Waals surface area contributed by atoms with Gasteiger partial charge < -0.3 is 4.74 Å². The second-order valence-electron chi connectivity index (χ2n) is 6.37. The van der Waals surface area contributed by atoms with Crippen molar-refractivity contribution in [3.8, 4) is 0 Å². The van der Waals surface area contributed by atoms with Gasteiger partial charge in [0, 0.05) is 12.8 Å². The Morgan fingerprint density at radius 2 is 1.90 bits per heavy atom. The smallest absolute Gasteiger partial charge is 0.166 e. The molecule has 0 saturated heterocycles. The third-order valence-corrected chi connectivity index (χ3v) is 4.68. The maximum atomic E-state index is 12.4. The highest BCUT2D eigenvalue weighted by Crippen LogP contribution is 2.50. The van der Waals surface area contributed by atoms with Gasteiger partial charge in [0.15, 0.2) is 5.78 Å². The fraction of sp³-hybridized carbons (Fsp3) is 0.389. The predicted molar refractivity (Wildman–Crippen MR) is 78.1 cm³/mol. The first-order chi connectivity index (χ1) is 9.58. The molecule has 1 aliphatic heterocycles. The summed E-state index contributed by atoms with van der Waals surface area (Å²) in [5.41, 5.74) is 5.58. The fourth-order valence-electron chi connectivity index (χ4n) is 3.72. The minimum absolute atomic E-state index is 0.256. The van der Waals surface area contributed by atoms with Crippen molar-refractivity contribution in [2.24, 2.45) is 0 Å². The van der Waals surface area contributed by atoms with Crippen molar-refractivity contribution < 1.29 is 9.53 Å². The van der Waals surface area contributed by atoms with E-state index in [1.807, 2.05) is 0 Å². The third kappa shape index (κ3) is 1.48. The summed E-state index contributed by atoms with van der Waals surface area (Å²) in [7, 11) is 0. The Balaban J connectivity index is 1.99. The van der Waals surface area contributed by atoms with E-state index in [1.165, 1.54) is 22.3 Å². The van der Waals surface area contributed by atoms with Crippen LogP contribution in [0.3, 0.4) is 0 Å². The lowest BCUT2D eigenvalue weighted by Gasteiger charge is -2.37. The molecule has 0 aromatic heterocycles.